The highest BCUT2D eigenvalue weighted by Gasteiger charge is 2.25. The average Bonchev–Trinajstić information content (AvgIpc) is 2.50. The van der Waals surface area contributed by atoms with Crippen LogP contribution in [-0.2, 0) is 22.4 Å². The lowest BCUT2D eigenvalue weighted by Crippen LogP contribution is -2.09. The van der Waals surface area contributed by atoms with Crippen molar-refractivity contribution < 1.29 is 30.0 Å². The van der Waals surface area contributed by atoms with E-state index in [1.54, 1.807) is 0 Å². The summed E-state index contributed by atoms with van der Waals surface area (Å²) in [6, 6.07) is 11.9. The maximum atomic E-state index is 10.3. The molecule has 136 valence electrons. The second kappa shape index (κ2) is 7.74. The van der Waals surface area contributed by atoms with Crippen LogP contribution >= 0.6 is 0 Å². The Balaban J connectivity index is 0.000000261. The Hall–Kier alpha value is -3.28. The molecule has 1 aliphatic carbocycles. The second-order valence-corrected chi connectivity index (χ2v) is 5.94. The first kappa shape index (κ1) is 19.1. The molecular weight excluding hydrogens is 336 g/mol. The van der Waals surface area contributed by atoms with E-state index in [0.29, 0.717) is 11.5 Å². The number of hydrogen-bond acceptors (Lipinski definition) is 4. The lowest BCUT2D eigenvalue weighted by atomic mass is 9.83. The zero-order valence-corrected chi connectivity index (χ0v) is 14.5. The molecule has 0 fully saturated rings. The molecule has 0 aromatic heterocycles. The monoisotopic (exact) mass is 356 g/mol. The number of aliphatic carboxylic acids is 2. The number of aromatic hydroxyl groups is 2. The molecule has 0 saturated heterocycles. The summed E-state index contributed by atoms with van der Waals surface area (Å²) in [7, 11) is 0. The molecule has 0 bridgehead atoms. The summed E-state index contributed by atoms with van der Waals surface area (Å²) < 4.78 is 0. The summed E-state index contributed by atoms with van der Waals surface area (Å²) in [6.07, 6.45) is 1.72. The fourth-order valence-electron chi connectivity index (χ4n) is 2.85. The van der Waals surface area contributed by atoms with Crippen LogP contribution in [0.2, 0.25) is 0 Å². The van der Waals surface area contributed by atoms with Crippen LogP contribution in [0.5, 0.6) is 11.5 Å². The first-order valence-corrected chi connectivity index (χ1v) is 7.99. The molecule has 26 heavy (non-hydrogen) atoms. The number of phenols is 2. The van der Waals surface area contributed by atoms with Crippen LogP contribution in [-0.4, -0.2) is 32.4 Å². The van der Waals surface area contributed by atoms with E-state index in [-0.39, 0.29) is 0 Å². The molecular formula is C20H20O6. The molecule has 0 saturated carbocycles. The highest BCUT2D eigenvalue weighted by atomic mass is 16.4. The van der Waals surface area contributed by atoms with E-state index in [0.717, 1.165) is 59.4 Å². The van der Waals surface area contributed by atoms with E-state index in [4.69, 9.17) is 19.8 Å². The Morgan fingerprint density at radius 1 is 0.769 bits per heavy atom. The van der Waals surface area contributed by atoms with Gasteiger partial charge in [0, 0.05) is 35.7 Å². The summed E-state index contributed by atoms with van der Waals surface area (Å²) >= 11 is 0. The van der Waals surface area contributed by atoms with Gasteiger partial charge in [0.05, 0.1) is 0 Å². The van der Waals surface area contributed by atoms with Crippen LogP contribution < -0.4 is 0 Å². The van der Waals surface area contributed by atoms with Gasteiger partial charge < -0.3 is 20.4 Å². The predicted octanol–water partition coefficient (Wildman–Crippen LogP) is 3.68. The summed E-state index contributed by atoms with van der Waals surface area (Å²) in [5.41, 5.74) is 1.82. The van der Waals surface area contributed by atoms with Crippen LogP contribution in [0, 0.1) is 0 Å². The number of carbonyl (C=O) groups is 2. The van der Waals surface area contributed by atoms with Crippen molar-refractivity contribution in [2.45, 2.75) is 26.7 Å². The normalized spacial score (nSPS) is 11.3. The molecule has 4 rings (SSSR count). The molecule has 0 heterocycles. The molecule has 6 heteroatoms. The Labute approximate surface area is 149 Å². The largest absolute Gasteiger partial charge is 0.507 e. The number of carboxylic acids is 2. The van der Waals surface area contributed by atoms with E-state index in [1.165, 1.54) is 0 Å². The van der Waals surface area contributed by atoms with E-state index < -0.39 is 11.9 Å². The van der Waals surface area contributed by atoms with E-state index >= 15 is 0 Å². The number of hydrogen-bond donors (Lipinski definition) is 4. The minimum atomic E-state index is -0.833. The average molecular weight is 356 g/mol. The van der Waals surface area contributed by atoms with E-state index in [9.17, 15) is 10.2 Å². The first-order chi connectivity index (χ1) is 12.2. The topological polar surface area (TPSA) is 115 Å². The molecule has 3 aromatic rings. The molecule has 0 amide bonds. The van der Waals surface area contributed by atoms with Crippen molar-refractivity contribution >= 4 is 33.5 Å². The number of benzene rings is 3. The Morgan fingerprint density at radius 2 is 1.08 bits per heavy atom. The fraction of sp³-hybridized carbons (Fsp3) is 0.200. The fourth-order valence-corrected chi connectivity index (χ4v) is 2.85. The number of carboxylic acid groups (broad SMARTS) is 2. The summed E-state index contributed by atoms with van der Waals surface area (Å²) in [5, 5.41) is 39.0. The SMILES string of the molecule is CC(=O)O.CC(=O)O.Oc1c2c(c(O)c3cc4ccccc4cc13)CC2. The quantitative estimate of drug-likeness (QED) is 0.361. The van der Waals surface area contributed by atoms with Crippen molar-refractivity contribution in [1.82, 2.24) is 0 Å². The van der Waals surface area contributed by atoms with Gasteiger partial charge in [0.15, 0.2) is 0 Å². The van der Waals surface area contributed by atoms with Gasteiger partial charge in [0.25, 0.3) is 11.9 Å². The molecule has 6 nitrogen and oxygen atoms in total. The predicted molar refractivity (Wildman–Crippen MR) is 98.8 cm³/mol. The molecule has 0 radical (unpaired) electrons. The number of rotatable bonds is 0. The van der Waals surface area contributed by atoms with Gasteiger partial charge in [-0.05, 0) is 35.7 Å². The summed E-state index contributed by atoms with van der Waals surface area (Å²) in [5.74, 6) is -0.982. The zero-order chi connectivity index (χ0) is 19.4. The van der Waals surface area contributed by atoms with Crippen molar-refractivity contribution in [2.75, 3.05) is 0 Å². The third-order valence-corrected chi connectivity index (χ3v) is 3.96. The van der Waals surface area contributed by atoms with Crippen LogP contribution in [0.4, 0.5) is 0 Å². The Bertz CT molecular complexity index is 903. The zero-order valence-electron chi connectivity index (χ0n) is 14.5. The van der Waals surface area contributed by atoms with Crippen molar-refractivity contribution in [1.29, 1.82) is 0 Å². The van der Waals surface area contributed by atoms with Gasteiger partial charge in [-0.2, -0.15) is 0 Å². The van der Waals surface area contributed by atoms with Crippen LogP contribution in [0.3, 0.4) is 0 Å². The van der Waals surface area contributed by atoms with Gasteiger partial charge in [-0.15, -0.1) is 0 Å². The van der Waals surface area contributed by atoms with Crippen molar-refractivity contribution in [3.05, 3.63) is 47.5 Å². The number of fused-ring (bicyclic) bond motifs is 3. The smallest absolute Gasteiger partial charge is 0.300 e. The Kier molecular flexibility index (Phi) is 5.67. The van der Waals surface area contributed by atoms with Gasteiger partial charge in [0.2, 0.25) is 0 Å². The van der Waals surface area contributed by atoms with E-state index in [1.807, 2.05) is 36.4 Å². The molecule has 0 unspecified atom stereocenters. The van der Waals surface area contributed by atoms with Crippen molar-refractivity contribution in [2.24, 2.45) is 0 Å². The lowest BCUT2D eigenvalue weighted by molar-refractivity contribution is -0.135. The van der Waals surface area contributed by atoms with E-state index in [2.05, 4.69) is 0 Å². The van der Waals surface area contributed by atoms with Gasteiger partial charge in [-0.25, -0.2) is 0 Å². The highest BCUT2D eigenvalue weighted by Crippen LogP contribution is 2.46. The molecule has 4 N–H and O–H groups in total. The second-order valence-electron chi connectivity index (χ2n) is 5.94. The summed E-state index contributed by atoms with van der Waals surface area (Å²) in [6.45, 7) is 2.17. The molecule has 0 spiro atoms. The van der Waals surface area contributed by atoms with Crippen molar-refractivity contribution in [3.8, 4) is 11.5 Å². The first-order valence-electron chi connectivity index (χ1n) is 7.99. The highest BCUT2D eigenvalue weighted by molar-refractivity contribution is 6.05. The van der Waals surface area contributed by atoms with Gasteiger partial charge in [-0.1, -0.05) is 24.3 Å². The van der Waals surface area contributed by atoms with Gasteiger partial charge in [0.1, 0.15) is 11.5 Å². The summed E-state index contributed by atoms with van der Waals surface area (Å²) in [4.78, 5) is 18.0. The molecule has 1 aliphatic rings. The molecule has 0 aliphatic heterocycles. The minimum Gasteiger partial charge on any atom is -0.507 e. The third kappa shape index (κ3) is 4.03. The maximum absolute atomic E-state index is 10.3. The van der Waals surface area contributed by atoms with Crippen LogP contribution in [0.1, 0.15) is 25.0 Å². The molecule has 0 atom stereocenters. The third-order valence-electron chi connectivity index (χ3n) is 3.96. The standard InChI is InChI=1S/C16H12O2.2C2H4O2/c17-15-11-5-6-12(11)16(18)14-8-10-4-2-1-3-9(10)7-13(14)15;2*1-2(3)4/h1-4,7-8,17-18H,5-6H2;2*1H3,(H,3,4). The Morgan fingerprint density at radius 3 is 1.35 bits per heavy atom. The van der Waals surface area contributed by atoms with Crippen LogP contribution in [0.25, 0.3) is 21.5 Å². The lowest BCUT2D eigenvalue weighted by Gasteiger charge is -2.23. The van der Waals surface area contributed by atoms with Gasteiger partial charge >= 0.3 is 0 Å². The van der Waals surface area contributed by atoms with Crippen LogP contribution in [0.15, 0.2) is 36.4 Å². The number of phenolic OH excluding ortho intramolecular Hbond substituents is 2. The maximum Gasteiger partial charge on any atom is 0.300 e. The minimum absolute atomic E-state index is 0.342. The molecule has 3 aromatic carbocycles. The van der Waals surface area contributed by atoms with Crippen molar-refractivity contribution in [3.63, 3.8) is 0 Å². The van der Waals surface area contributed by atoms with Gasteiger partial charge in [-0.3, -0.25) is 9.59 Å².